The summed E-state index contributed by atoms with van der Waals surface area (Å²) in [5, 5.41) is 3.00. The largest absolute Gasteiger partial charge is 0.417 e. The quantitative estimate of drug-likeness (QED) is 0.836. The average Bonchev–Trinajstić information content (AvgIpc) is 2.95. The molecule has 1 N–H and O–H groups in total. The van der Waals surface area contributed by atoms with E-state index in [1.165, 1.54) is 6.92 Å². The topological polar surface area (TPSA) is 54.5 Å². The summed E-state index contributed by atoms with van der Waals surface area (Å²) in [6.07, 6.45) is -1.98. The van der Waals surface area contributed by atoms with Crippen molar-refractivity contribution in [3.8, 4) is 0 Å². The number of rotatable bonds is 4. The zero-order valence-electron chi connectivity index (χ0n) is 15.2. The molecule has 1 saturated carbocycles. The second kappa shape index (κ2) is 7.93. The highest BCUT2D eigenvalue weighted by atomic mass is 35.5. The molecule has 5 nitrogen and oxygen atoms in total. The normalized spacial score (nSPS) is 28.8. The van der Waals surface area contributed by atoms with Crippen LogP contribution in [-0.2, 0) is 22.3 Å². The van der Waals surface area contributed by atoms with Crippen molar-refractivity contribution in [3.63, 3.8) is 0 Å². The maximum Gasteiger partial charge on any atom is 0.417 e. The summed E-state index contributed by atoms with van der Waals surface area (Å²) in [4.78, 5) is 17.5. The van der Waals surface area contributed by atoms with E-state index in [-0.39, 0.29) is 23.1 Å². The van der Waals surface area contributed by atoms with E-state index in [0.717, 1.165) is 38.2 Å². The number of hydrogen-bond donors (Lipinski definition) is 1. The van der Waals surface area contributed by atoms with Gasteiger partial charge in [-0.15, -0.1) is 0 Å². The average molecular weight is 406 g/mol. The van der Waals surface area contributed by atoms with Gasteiger partial charge < -0.3 is 10.1 Å². The number of nitrogens with one attached hydrogen (secondary N) is 1. The maximum atomic E-state index is 12.8. The molecule has 150 valence electrons. The first-order valence-corrected chi connectivity index (χ1v) is 9.29. The Hall–Kier alpha value is -1.38. The van der Waals surface area contributed by atoms with Crippen molar-refractivity contribution in [2.45, 2.75) is 44.6 Å². The SMILES string of the molecule is CO[C@@H]1C[C@H]2CN(Cc3ncc(C(F)(F)F)cc3Cl)C[C@H]2C[C@H]1NC(C)=O. The molecule has 1 aliphatic carbocycles. The Kier molecular flexibility index (Phi) is 5.98. The van der Waals surface area contributed by atoms with E-state index in [9.17, 15) is 18.0 Å². The van der Waals surface area contributed by atoms with E-state index in [1.54, 1.807) is 7.11 Å². The molecule has 1 aliphatic heterocycles. The molecule has 0 aromatic carbocycles. The number of methoxy groups -OCH3 is 1. The number of halogens is 4. The number of aromatic nitrogens is 1. The lowest BCUT2D eigenvalue weighted by atomic mass is 9.77. The van der Waals surface area contributed by atoms with Gasteiger partial charge in [0.15, 0.2) is 0 Å². The molecule has 27 heavy (non-hydrogen) atoms. The second-order valence-corrected chi connectivity index (χ2v) is 7.82. The van der Waals surface area contributed by atoms with Gasteiger partial charge in [-0.2, -0.15) is 13.2 Å². The van der Waals surface area contributed by atoms with E-state index in [1.807, 2.05) is 0 Å². The van der Waals surface area contributed by atoms with Gasteiger partial charge in [-0.25, -0.2) is 0 Å². The third kappa shape index (κ3) is 4.73. The number of carbonyl (C=O) groups excluding carboxylic acids is 1. The number of nitrogens with zero attached hydrogens (tertiary/aromatic N) is 2. The molecule has 1 amide bonds. The number of amides is 1. The number of carbonyl (C=O) groups is 1. The lowest BCUT2D eigenvalue weighted by Crippen LogP contribution is -2.49. The van der Waals surface area contributed by atoms with Crippen LogP contribution in [0.25, 0.3) is 0 Å². The standard InChI is InChI=1S/C18H23ClF3N3O2/c1-10(26)24-15-3-11-7-25(8-12(11)4-17(15)27-2)9-16-14(19)5-13(6-23-16)18(20,21)22/h5-6,11-12,15,17H,3-4,7-9H2,1-2H3,(H,24,26)/t11-,12+,15-,17-/m1/s1. The molecule has 1 aromatic heterocycles. The van der Waals surface area contributed by atoms with Crippen LogP contribution < -0.4 is 5.32 Å². The van der Waals surface area contributed by atoms with E-state index in [0.29, 0.717) is 24.1 Å². The highest BCUT2D eigenvalue weighted by molar-refractivity contribution is 6.31. The van der Waals surface area contributed by atoms with Gasteiger partial charge in [0.05, 0.1) is 28.4 Å². The lowest BCUT2D eigenvalue weighted by Gasteiger charge is -2.37. The molecule has 1 aromatic rings. The number of ether oxygens (including phenoxy) is 1. The van der Waals surface area contributed by atoms with Gasteiger partial charge in [-0.3, -0.25) is 14.7 Å². The molecular weight excluding hydrogens is 383 g/mol. The zero-order chi connectivity index (χ0) is 19.8. The number of fused-ring (bicyclic) bond motifs is 1. The number of hydrogen-bond acceptors (Lipinski definition) is 4. The summed E-state index contributed by atoms with van der Waals surface area (Å²) in [5.41, 5.74) is -0.391. The second-order valence-electron chi connectivity index (χ2n) is 7.42. The molecule has 0 spiro atoms. The Morgan fingerprint density at radius 1 is 1.37 bits per heavy atom. The van der Waals surface area contributed by atoms with Crippen LogP contribution in [0.3, 0.4) is 0 Å². The Bertz CT molecular complexity index is 701. The van der Waals surface area contributed by atoms with Crippen LogP contribution in [0.15, 0.2) is 12.3 Å². The van der Waals surface area contributed by atoms with Crippen LogP contribution in [0, 0.1) is 11.8 Å². The van der Waals surface area contributed by atoms with E-state index < -0.39 is 11.7 Å². The van der Waals surface area contributed by atoms with Crippen molar-refractivity contribution in [2.24, 2.45) is 11.8 Å². The van der Waals surface area contributed by atoms with Crippen molar-refractivity contribution in [3.05, 3.63) is 28.5 Å². The minimum Gasteiger partial charge on any atom is -0.379 e. The number of likely N-dealkylation sites (tertiary alicyclic amines) is 1. The molecule has 2 aliphatic rings. The highest BCUT2D eigenvalue weighted by Crippen LogP contribution is 2.38. The number of alkyl halides is 3. The zero-order valence-corrected chi connectivity index (χ0v) is 16.0. The van der Waals surface area contributed by atoms with Crippen LogP contribution in [0.4, 0.5) is 13.2 Å². The van der Waals surface area contributed by atoms with Crippen molar-refractivity contribution >= 4 is 17.5 Å². The summed E-state index contributed by atoms with van der Waals surface area (Å²) in [5.74, 6) is 0.755. The summed E-state index contributed by atoms with van der Waals surface area (Å²) < 4.78 is 43.8. The fourth-order valence-corrected chi connectivity index (χ4v) is 4.49. The molecule has 0 unspecified atom stereocenters. The first kappa shape index (κ1) is 20.4. The maximum absolute atomic E-state index is 12.8. The molecule has 9 heteroatoms. The fraction of sp³-hybridized carbons (Fsp3) is 0.667. The Labute approximate surface area is 161 Å². The third-order valence-corrected chi connectivity index (χ3v) is 5.83. The minimum atomic E-state index is -4.45. The summed E-state index contributed by atoms with van der Waals surface area (Å²) in [7, 11) is 1.65. The monoisotopic (exact) mass is 405 g/mol. The van der Waals surface area contributed by atoms with Crippen molar-refractivity contribution in [2.75, 3.05) is 20.2 Å². The molecule has 2 heterocycles. The van der Waals surface area contributed by atoms with Gasteiger partial charge in [0.1, 0.15) is 0 Å². The van der Waals surface area contributed by atoms with Crippen LogP contribution >= 0.6 is 11.6 Å². The van der Waals surface area contributed by atoms with Crippen LogP contribution in [0.1, 0.15) is 31.0 Å². The Morgan fingerprint density at radius 3 is 2.59 bits per heavy atom. The molecule has 0 radical (unpaired) electrons. The molecule has 1 saturated heterocycles. The van der Waals surface area contributed by atoms with Gasteiger partial charge in [0.25, 0.3) is 0 Å². The molecular formula is C18H23ClF3N3O2. The van der Waals surface area contributed by atoms with Crippen molar-refractivity contribution in [1.29, 1.82) is 0 Å². The van der Waals surface area contributed by atoms with E-state index >= 15 is 0 Å². The van der Waals surface area contributed by atoms with E-state index in [2.05, 4.69) is 15.2 Å². The van der Waals surface area contributed by atoms with Gasteiger partial charge in [0, 0.05) is 39.9 Å². The summed E-state index contributed by atoms with van der Waals surface area (Å²) in [6.45, 7) is 3.52. The molecule has 4 atom stereocenters. The van der Waals surface area contributed by atoms with Crippen molar-refractivity contribution < 1.29 is 22.7 Å². The predicted octanol–water partition coefficient (Wildman–Crippen LogP) is 3.12. The smallest absolute Gasteiger partial charge is 0.379 e. The summed E-state index contributed by atoms with van der Waals surface area (Å²) in [6, 6.07) is 0.919. The first-order valence-electron chi connectivity index (χ1n) is 8.91. The molecule has 0 bridgehead atoms. The van der Waals surface area contributed by atoms with Crippen LogP contribution in [-0.4, -0.2) is 48.1 Å². The fourth-order valence-electron chi connectivity index (χ4n) is 4.26. The Balaban J connectivity index is 1.65. The molecule has 2 fully saturated rings. The minimum absolute atomic E-state index is 0.0125. The number of pyridine rings is 1. The van der Waals surface area contributed by atoms with E-state index in [4.69, 9.17) is 16.3 Å². The molecule has 3 rings (SSSR count). The lowest BCUT2D eigenvalue weighted by molar-refractivity contribution is -0.137. The van der Waals surface area contributed by atoms with Crippen molar-refractivity contribution in [1.82, 2.24) is 15.2 Å². The van der Waals surface area contributed by atoms with Gasteiger partial charge >= 0.3 is 6.18 Å². The van der Waals surface area contributed by atoms with Gasteiger partial charge in [-0.05, 0) is 30.7 Å². The third-order valence-electron chi connectivity index (χ3n) is 5.50. The predicted molar refractivity (Wildman–Crippen MR) is 94.1 cm³/mol. The van der Waals surface area contributed by atoms with Gasteiger partial charge in [0.2, 0.25) is 5.91 Å². The first-order chi connectivity index (χ1) is 12.7. The van der Waals surface area contributed by atoms with Crippen LogP contribution in [0.2, 0.25) is 5.02 Å². The van der Waals surface area contributed by atoms with Gasteiger partial charge in [-0.1, -0.05) is 11.6 Å². The highest BCUT2D eigenvalue weighted by Gasteiger charge is 2.42. The summed E-state index contributed by atoms with van der Waals surface area (Å²) >= 11 is 6.04. The van der Waals surface area contributed by atoms with Crippen LogP contribution in [0.5, 0.6) is 0 Å². The Morgan fingerprint density at radius 2 is 2.04 bits per heavy atom.